The minimum Gasteiger partial charge on any atom is -0.380 e. The quantitative estimate of drug-likeness (QED) is 0.838. The first kappa shape index (κ1) is 13.7. The Bertz CT molecular complexity index is 664. The van der Waals surface area contributed by atoms with Gasteiger partial charge in [0.25, 0.3) is 5.56 Å². The van der Waals surface area contributed by atoms with Gasteiger partial charge in [0, 0.05) is 25.6 Å². The van der Waals surface area contributed by atoms with E-state index in [4.69, 9.17) is 4.74 Å². The van der Waals surface area contributed by atoms with Crippen LogP contribution in [0.1, 0.15) is 5.56 Å². The molecule has 6 heteroatoms. The molecular weight excluding hydrogens is 274 g/mol. The summed E-state index contributed by atoms with van der Waals surface area (Å²) >= 11 is 1.48. The van der Waals surface area contributed by atoms with Crippen LogP contribution in [0.4, 0.5) is 0 Å². The maximum atomic E-state index is 12.5. The van der Waals surface area contributed by atoms with Crippen LogP contribution in [0.25, 0.3) is 10.2 Å². The number of rotatable bonds is 2. The monoisotopic (exact) mass is 293 g/mol. The number of fused-ring (bicyclic) bond motifs is 1. The maximum Gasteiger partial charge on any atom is 0.271 e. The molecule has 0 unspecified atom stereocenters. The highest BCUT2D eigenvalue weighted by molar-refractivity contribution is 7.17. The molecule has 2 aromatic rings. The van der Waals surface area contributed by atoms with Crippen LogP contribution in [0, 0.1) is 12.8 Å². The summed E-state index contributed by atoms with van der Waals surface area (Å²) < 4.78 is 8.09. The highest BCUT2D eigenvalue weighted by Gasteiger charge is 2.18. The first-order chi connectivity index (χ1) is 9.65. The van der Waals surface area contributed by atoms with Gasteiger partial charge in [0.05, 0.1) is 25.1 Å². The van der Waals surface area contributed by atoms with Gasteiger partial charge in [-0.3, -0.25) is 9.36 Å². The van der Waals surface area contributed by atoms with Crippen LogP contribution in [-0.4, -0.2) is 47.8 Å². The Morgan fingerprint density at radius 2 is 2.40 bits per heavy atom. The van der Waals surface area contributed by atoms with E-state index in [1.807, 2.05) is 12.3 Å². The van der Waals surface area contributed by atoms with Crippen LogP contribution in [0.5, 0.6) is 0 Å². The van der Waals surface area contributed by atoms with Gasteiger partial charge in [0.15, 0.2) is 0 Å². The van der Waals surface area contributed by atoms with Crippen molar-refractivity contribution in [2.75, 3.05) is 33.4 Å². The molecule has 3 heterocycles. The molecule has 1 aliphatic heterocycles. The first-order valence-electron chi connectivity index (χ1n) is 6.84. The zero-order valence-electron chi connectivity index (χ0n) is 11.8. The van der Waals surface area contributed by atoms with Gasteiger partial charge in [0.1, 0.15) is 4.70 Å². The third kappa shape index (κ3) is 2.63. The molecular formula is C14H19N3O2S. The van der Waals surface area contributed by atoms with Gasteiger partial charge in [-0.15, -0.1) is 11.3 Å². The lowest BCUT2D eigenvalue weighted by molar-refractivity contribution is 0.117. The van der Waals surface area contributed by atoms with Gasteiger partial charge < -0.3 is 9.64 Å². The Kier molecular flexibility index (Phi) is 3.87. The summed E-state index contributed by atoms with van der Waals surface area (Å²) in [6.45, 7) is 6.04. The molecule has 1 fully saturated rings. The smallest absolute Gasteiger partial charge is 0.271 e. The molecule has 1 atom stereocenters. The number of ether oxygens (including phenoxy) is 1. The molecule has 0 aliphatic carbocycles. The van der Waals surface area contributed by atoms with Crippen molar-refractivity contribution < 1.29 is 4.74 Å². The summed E-state index contributed by atoms with van der Waals surface area (Å²) in [7, 11) is 2.09. The Labute approximate surface area is 121 Å². The molecule has 0 bridgehead atoms. The lowest BCUT2D eigenvalue weighted by Crippen LogP contribution is -2.31. The van der Waals surface area contributed by atoms with Crippen LogP contribution in [0.3, 0.4) is 0 Å². The second kappa shape index (κ2) is 5.63. The minimum atomic E-state index is 0.0694. The molecule has 2 aromatic heterocycles. The SMILES string of the molecule is Cc1csc2c(=O)n(C[C@@H]3COCCN(C)C3)cnc12. The van der Waals surface area contributed by atoms with Crippen molar-refractivity contribution in [1.29, 1.82) is 0 Å². The van der Waals surface area contributed by atoms with Crippen molar-refractivity contribution in [1.82, 2.24) is 14.5 Å². The fraction of sp³-hybridized carbons (Fsp3) is 0.571. The Balaban J connectivity index is 1.87. The summed E-state index contributed by atoms with van der Waals surface area (Å²) in [6.07, 6.45) is 1.68. The van der Waals surface area contributed by atoms with E-state index in [9.17, 15) is 4.79 Å². The van der Waals surface area contributed by atoms with Gasteiger partial charge in [-0.25, -0.2) is 4.98 Å². The fourth-order valence-electron chi connectivity index (χ4n) is 2.63. The summed E-state index contributed by atoms with van der Waals surface area (Å²) in [5.74, 6) is 0.334. The average Bonchev–Trinajstić information content (AvgIpc) is 2.67. The van der Waals surface area contributed by atoms with E-state index in [1.165, 1.54) is 11.3 Å². The molecule has 0 amide bonds. The number of hydrogen-bond acceptors (Lipinski definition) is 5. The summed E-state index contributed by atoms with van der Waals surface area (Å²) in [5, 5.41) is 1.99. The maximum absolute atomic E-state index is 12.5. The van der Waals surface area contributed by atoms with Crippen molar-refractivity contribution in [3.05, 3.63) is 27.6 Å². The number of aryl methyl sites for hydroxylation is 1. The third-order valence-electron chi connectivity index (χ3n) is 3.72. The van der Waals surface area contributed by atoms with Crippen LogP contribution >= 0.6 is 11.3 Å². The molecule has 0 aromatic carbocycles. The van der Waals surface area contributed by atoms with Crippen molar-refractivity contribution in [3.8, 4) is 0 Å². The number of likely N-dealkylation sites (N-methyl/N-ethyl adjacent to an activating group) is 1. The van der Waals surface area contributed by atoms with E-state index in [0.717, 1.165) is 35.5 Å². The predicted octanol–water partition coefficient (Wildman–Crippen LogP) is 1.34. The molecule has 0 radical (unpaired) electrons. The van der Waals surface area contributed by atoms with Crippen molar-refractivity contribution in [2.45, 2.75) is 13.5 Å². The second-order valence-corrected chi connectivity index (χ2v) is 6.38. The van der Waals surface area contributed by atoms with E-state index in [2.05, 4.69) is 16.9 Å². The van der Waals surface area contributed by atoms with Crippen LogP contribution in [0.2, 0.25) is 0 Å². The Morgan fingerprint density at radius 1 is 1.55 bits per heavy atom. The molecule has 0 N–H and O–H groups in total. The first-order valence-corrected chi connectivity index (χ1v) is 7.72. The van der Waals surface area contributed by atoms with Crippen molar-refractivity contribution >= 4 is 21.6 Å². The molecule has 20 heavy (non-hydrogen) atoms. The topological polar surface area (TPSA) is 47.4 Å². The normalized spacial score (nSPS) is 21.2. The van der Waals surface area contributed by atoms with E-state index >= 15 is 0 Å². The zero-order valence-corrected chi connectivity index (χ0v) is 12.7. The van der Waals surface area contributed by atoms with Crippen LogP contribution in [-0.2, 0) is 11.3 Å². The number of thiophene rings is 1. The molecule has 5 nitrogen and oxygen atoms in total. The fourth-order valence-corrected chi connectivity index (χ4v) is 3.58. The van der Waals surface area contributed by atoms with Crippen molar-refractivity contribution in [3.63, 3.8) is 0 Å². The van der Waals surface area contributed by atoms with E-state index in [1.54, 1.807) is 10.9 Å². The van der Waals surface area contributed by atoms with Gasteiger partial charge in [0.2, 0.25) is 0 Å². The highest BCUT2D eigenvalue weighted by Crippen LogP contribution is 2.19. The van der Waals surface area contributed by atoms with Crippen molar-refractivity contribution in [2.24, 2.45) is 5.92 Å². The molecule has 3 rings (SSSR count). The Hall–Kier alpha value is -1.24. The average molecular weight is 293 g/mol. The number of nitrogens with zero attached hydrogens (tertiary/aromatic N) is 3. The van der Waals surface area contributed by atoms with Crippen LogP contribution in [0.15, 0.2) is 16.5 Å². The van der Waals surface area contributed by atoms with E-state index < -0.39 is 0 Å². The van der Waals surface area contributed by atoms with Gasteiger partial charge in [-0.2, -0.15) is 0 Å². The van der Waals surface area contributed by atoms with Gasteiger partial charge in [-0.05, 0) is 24.9 Å². The largest absolute Gasteiger partial charge is 0.380 e. The minimum absolute atomic E-state index is 0.0694. The predicted molar refractivity (Wildman–Crippen MR) is 80.4 cm³/mol. The summed E-state index contributed by atoms with van der Waals surface area (Å²) in [6, 6.07) is 0. The summed E-state index contributed by atoms with van der Waals surface area (Å²) in [4.78, 5) is 19.1. The highest BCUT2D eigenvalue weighted by atomic mass is 32.1. The third-order valence-corrected chi connectivity index (χ3v) is 4.79. The molecule has 0 saturated carbocycles. The van der Waals surface area contributed by atoms with E-state index in [-0.39, 0.29) is 5.56 Å². The number of aromatic nitrogens is 2. The lowest BCUT2D eigenvalue weighted by Gasteiger charge is -2.19. The van der Waals surface area contributed by atoms with Gasteiger partial charge >= 0.3 is 0 Å². The standard InChI is InChI=1S/C14H19N3O2S/c1-10-8-20-13-12(10)15-9-17(14(13)18)6-11-5-16(2)3-4-19-7-11/h8-9,11H,3-7H2,1-2H3/t11-/m1/s1. The molecule has 1 saturated heterocycles. The Morgan fingerprint density at radius 3 is 3.25 bits per heavy atom. The van der Waals surface area contributed by atoms with Gasteiger partial charge in [-0.1, -0.05) is 0 Å². The lowest BCUT2D eigenvalue weighted by atomic mass is 10.1. The summed E-state index contributed by atoms with van der Waals surface area (Å²) in [5.41, 5.74) is 1.98. The molecule has 1 aliphatic rings. The molecule has 0 spiro atoms. The van der Waals surface area contributed by atoms with Crippen LogP contribution < -0.4 is 5.56 Å². The second-order valence-electron chi connectivity index (χ2n) is 5.50. The zero-order chi connectivity index (χ0) is 14.1. The number of hydrogen-bond donors (Lipinski definition) is 0. The van der Waals surface area contributed by atoms with E-state index in [0.29, 0.717) is 19.1 Å². The molecule has 108 valence electrons.